The quantitative estimate of drug-likeness (QED) is 0.588. The molecule has 90 valence electrons. The van der Waals surface area contributed by atoms with Gasteiger partial charge >= 0.3 is 6.18 Å². The van der Waals surface area contributed by atoms with E-state index in [-0.39, 0.29) is 5.28 Å². The SMILES string of the molecule is Fc1cnc(Cl)nc1-n1cc(C(F)(F)F)cn1. The maximum Gasteiger partial charge on any atom is 0.419 e. The van der Waals surface area contributed by atoms with Crippen molar-refractivity contribution in [2.45, 2.75) is 6.18 Å². The number of alkyl halides is 3. The third-order valence-electron chi connectivity index (χ3n) is 1.82. The van der Waals surface area contributed by atoms with Crippen LogP contribution in [0.2, 0.25) is 5.28 Å². The van der Waals surface area contributed by atoms with Crippen molar-refractivity contribution < 1.29 is 17.6 Å². The van der Waals surface area contributed by atoms with E-state index >= 15 is 0 Å². The molecule has 0 spiro atoms. The lowest BCUT2D eigenvalue weighted by Gasteiger charge is -2.02. The van der Waals surface area contributed by atoms with Gasteiger partial charge in [-0.05, 0) is 11.6 Å². The van der Waals surface area contributed by atoms with Crippen LogP contribution in [0.4, 0.5) is 17.6 Å². The average Bonchev–Trinajstić information content (AvgIpc) is 2.70. The van der Waals surface area contributed by atoms with E-state index in [1.54, 1.807) is 0 Å². The van der Waals surface area contributed by atoms with Crippen molar-refractivity contribution in [3.8, 4) is 5.82 Å². The Bertz CT molecular complexity index is 551. The molecular formula is C8H3ClF4N4. The Morgan fingerprint density at radius 1 is 1.24 bits per heavy atom. The fourth-order valence-electron chi connectivity index (χ4n) is 1.08. The van der Waals surface area contributed by atoms with E-state index in [9.17, 15) is 17.6 Å². The first-order chi connectivity index (χ1) is 7.88. The van der Waals surface area contributed by atoms with Gasteiger partial charge in [-0.2, -0.15) is 23.3 Å². The highest BCUT2D eigenvalue weighted by molar-refractivity contribution is 6.28. The Labute approximate surface area is 96.9 Å². The smallest absolute Gasteiger partial charge is 0.223 e. The molecule has 2 rings (SSSR count). The molecule has 0 bridgehead atoms. The van der Waals surface area contributed by atoms with Crippen molar-refractivity contribution in [3.63, 3.8) is 0 Å². The molecular weight excluding hydrogens is 264 g/mol. The monoisotopic (exact) mass is 266 g/mol. The molecule has 0 radical (unpaired) electrons. The van der Waals surface area contributed by atoms with Gasteiger partial charge < -0.3 is 0 Å². The van der Waals surface area contributed by atoms with Crippen LogP contribution in [0.3, 0.4) is 0 Å². The van der Waals surface area contributed by atoms with Crippen LogP contribution in [-0.2, 0) is 6.18 Å². The van der Waals surface area contributed by atoms with Gasteiger partial charge in [-0.25, -0.2) is 14.1 Å². The van der Waals surface area contributed by atoms with Gasteiger partial charge in [0, 0.05) is 6.20 Å². The van der Waals surface area contributed by atoms with Crippen molar-refractivity contribution in [1.29, 1.82) is 0 Å². The second-order valence-electron chi connectivity index (χ2n) is 2.98. The molecule has 0 aliphatic rings. The minimum Gasteiger partial charge on any atom is -0.223 e. The predicted molar refractivity (Wildman–Crippen MR) is 49.1 cm³/mol. The lowest BCUT2D eigenvalue weighted by atomic mass is 10.4. The summed E-state index contributed by atoms with van der Waals surface area (Å²) in [6.07, 6.45) is -2.62. The number of nitrogens with zero attached hydrogens (tertiary/aromatic N) is 4. The third kappa shape index (κ3) is 2.36. The summed E-state index contributed by atoms with van der Waals surface area (Å²) in [6.45, 7) is 0. The Morgan fingerprint density at radius 3 is 2.53 bits per heavy atom. The largest absolute Gasteiger partial charge is 0.419 e. The summed E-state index contributed by atoms with van der Waals surface area (Å²) in [5.74, 6) is -1.37. The molecule has 0 amide bonds. The summed E-state index contributed by atoms with van der Waals surface area (Å²) in [4.78, 5) is 6.79. The number of rotatable bonds is 1. The van der Waals surface area contributed by atoms with E-state index < -0.39 is 23.4 Å². The number of aromatic nitrogens is 4. The van der Waals surface area contributed by atoms with Gasteiger partial charge in [0.25, 0.3) is 0 Å². The molecule has 0 atom stereocenters. The molecule has 4 nitrogen and oxygen atoms in total. The average molecular weight is 267 g/mol. The summed E-state index contributed by atoms with van der Waals surface area (Å²) in [5, 5.41) is 3.08. The topological polar surface area (TPSA) is 43.6 Å². The highest BCUT2D eigenvalue weighted by Crippen LogP contribution is 2.29. The molecule has 2 heterocycles. The Balaban J connectivity index is 2.47. The molecule has 9 heteroatoms. The Kier molecular flexibility index (Phi) is 2.74. The molecule has 0 saturated heterocycles. The standard InChI is InChI=1S/C8H3ClF4N4/c9-7-14-2-5(10)6(16-7)17-3-4(1-15-17)8(11,12)13/h1-3H. The van der Waals surface area contributed by atoms with E-state index in [1.165, 1.54) is 0 Å². The van der Waals surface area contributed by atoms with Gasteiger partial charge in [-0.1, -0.05) is 0 Å². The van der Waals surface area contributed by atoms with Crippen LogP contribution in [0, 0.1) is 5.82 Å². The minimum atomic E-state index is -4.55. The molecule has 0 unspecified atom stereocenters. The number of hydrogen-bond acceptors (Lipinski definition) is 3. The van der Waals surface area contributed by atoms with Gasteiger partial charge in [-0.15, -0.1) is 0 Å². The van der Waals surface area contributed by atoms with Gasteiger partial charge in [0.15, 0.2) is 11.6 Å². The predicted octanol–water partition coefficient (Wildman–Crippen LogP) is 2.47. The summed E-state index contributed by atoms with van der Waals surface area (Å²) in [6, 6.07) is 0. The first kappa shape index (κ1) is 11.8. The van der Waals surface area contributed by atoms with Crippen molar-refractivity contribution in [2.75, 3.05) is 0 Å². The van der Waals surface area contributed by atoms with E-state index in [0.717, 1.165) is 6.20 Å². The summed E-state index contributed by atoms with van der Waals surface area (Å²) < 4.78 is 50.8. The lowest BCUT2D eigenvalue weighted by molar-refractivity contribution is -0.137. The minimum absolute atomic E-state index is 0.287. The van der Waals surface area contributed by atoms with Crippen molar-refractivity contribution >= 4 is 11.6 Å². The van der Waals surface area contributed by atoms with Gasteiger partial charge in [0.05, 0.1) is 18.0 Å². The fourth-order valence-corrected chi connectivity index (χ4v) is 1.21. The second-order valence-corrected chi connectivity index (χ2v) is 3.32. The fraction of sp³-hybridized carbons (Fsp3) is 0.125. The lowest BCUT2D eigenvalue weighted by Crippen LogP contribution is -2.05. The van der Waals surface area contributed by atoms with Crippen molar-refractivity contribution in [2.24, 2.45) is 0 Å². The van der Waals surface area contributed by atoms with E-state index in [2.05, 4.69) is 15.1 Å². The van der Waals surface area contributed by atoms with Gasteiger partial charge in [0.1, 0.15) is 0 Å². The maximum absolute atomic E-state index is 13.2. The first-order valence-electron chi connectivity index (χ1n) is 4.18. The summed E-state index contributed by atoms with van der Waals surface area (Å²) >= 11 is 5.41. The van der Waals surface area contributed by atoms with Crippen LogP contribution in [0.25, 0.3) is 5.82 Å². The molecule has 2 aromatic heterocycles. The van der Waals surface area contributed by atoms with Gasteiger partial charge in [-0.3, -0.25) is 0 Å². The van der Waals surface area contributed by atoms with Crippen LogP contribution in [-0.4, -0.2) is 19.7 Å². The molecule has 17 heavy (non-hydrogen) atoms. The third-order valence-corrected chi connectivity index (χ3v) is 2.01. The van der Waals surface area contributed by atoms with E-state index in [0.29, 0.717) is 17.1 Å². The normalized spacial score (nSPS) is 11.8. The molecule has 0 N–H and O–H groups in total. The van der Waals surface area contributed by atoms with Crippen LogP contribution in [0.1, 0.15) is 5.56 Å². The molecule has 0 saturated carbocycles. The molecule has 2 aromatic rings. The highest BCUT2D eigenvalue weighted by atomic mass is 35.5. The van der Waals surface area contributed by atoms with Crippen LogP contribution in [0.5, 0.6) is 0 Å². The highest BCUT2D eigenvalue weighted by Gasteiger charge is 2.32. The molecule has 0 fully saturated rings. The number of hydrogen-bond donors (Lipinski definition) is 0. The second kappa shape index (κ2) is 3.95. The summed E-state index contributed by atoms with van der Waals surface area (Å²) in [7, 11) is 0. The van der Waals surface area contributed by atoms with E-state index in [4.69, 9.17) is 11.6 Å². The first-order valence-corrected chi connectivity index (χ1v) is 4.56. The zero-order valence-electron chi connectivity index (χ0n) is 7.91. The Morgan fingerprint density at radius 2 is 1.94 bits per heavy atom. The zero-order chi connectivity index (χ0) is 12.6. The van der Waals surface area contributed by atoms with Crippen molar-refractivity contribution in [1.82, 2.24) is 19.7 Å². The molecule has 0 aliphatic heterocycles. The van der Waals surface area contributed by atoms with Crippen LogP contribution >= 0.6 is 11.6 Å². The van der Waals surface area contributed by atoms with E-state index in [1.807, 2.05) is 0 Å². The molecule has 0 aliphatic carbocycles. The maximum atomic E-state index is 13.2. The van der Waals surface area contributed by atoms with Gasteiger partial charge in [0.2, 0.25) is 5.28 Å². The van der Waals surface area contributed by atoms with Crippen LogP contribution < -0.4 is 0 Å². The zero-order valence-corrected chi connectivity index (χ0v) is 8.67. The molecule has 0 aromatic carbocycles. The summed E-state index contributed by atoms with van der Waals surface area (Å²) in [5.41, 5.74) is -1.01. The Hall–Kier alpha value is -1.70. The van der Waals surface area contributed by atoms with Crippen LogP contribution in [0.15, 0.2) is 18.6 Å². The van der Waals surface area contributed by atoms with Crippen molar-refractivity contribution in [3.05, 3.63) is 35.3 Å². The number of halogens is 5.